The number of aromatic hydroxyl groups is 1. The normalized spacial score (nSPS) is 10.6. The number of halogens is 1. The number of aliphatic hydroxyl groups is 1. The largest absolute Gasteiger partial charge is 0.506 e. The highest BCUT2D eigenvalue weighted by atomic mass is 35.5. The number of nitrogens with zero attached hydrogens (tertiary/aromatic N) is 2. The van der Waals surface area contributed by atoms with E-state index in [9.17, 15) is 9.90 Å². The highest BCUT2D eigenvalue weighted by molar-refractivity contribution is 6.31. The van der Waals surface area contributed by atoms with E-state index in [0.717, 1.165) is 16.3 Å². The second-order valence-corrected chi connectivity index (χ2v) is 4.23. The molecule has 0 unspecified atom stereocenters. The monoisotopic (exact) mass is 266 g/mol. The average molecular weight is 267 g/mol. The number of aryl methyl sites for hydroxylation is 1. The van der Waals surface area contributed by atoms with E-state index >= 15 is 0 Å². The SMILES string of the molecule is Cc1ccc(-n2nc(CO)c(O)cc2=O)cc1Cl. The summed E-state index contributed by atoms with van der Waals surface area (Å²) >= 11 is 5.98. The molecule has 6 heteroatoms. The Morgan fingerprint density at radius 3 is 2.72 bits per heavy atom. The van der Waals surface area contributed by atoms with Crippen molar-refractivity contribution in [2.75, 3.05) is 0 Å². The Morgan fingerprint density at radius 2 is 2.11 bits per heavy atom. The van der Waals surface area contributed by atoms with Crippen LogP contribution in [0.4, 0.5) is 0 Å². The van der Waals surface area contributed by atoms with Gasteiger partial charge in [-0.25, -0.2) is 0 Å². The molecule has 1 aromatic carbocycles. The van der Waals surface area contributed by atoms with Gasteiger partial charge >= 0.3 is 0 Å². The lowest BCUT2D eigenvalue weighted by Crippen LogP contribution is -2.21. The van der Waals surface area contributed by atoms with Crippen LogP contribution in [-0.2, 0) is 6.61 Å². The first kappa shape index (κ1) is 12.6. The van der Waals surface area contributed by atoms with E-state index in [4.69, 9.17) is 16.7 Å². The van der Waals surface area contributed by atoms with Gasteiger partial charge in [-0.3, -0.25) is 4.79 Å². The van der Waals surface area contributed by atoms with Gasteiger partial charge < -0.3 is 10.2 Å². The minimum absolute atomic E-state index is 0.0336. The molecule has 0 amide bonds. The summed E-state index contributed by atoms with van der Waals surface area (Å²) in [6.07, 6.45) is 0. The van der Waals surface area contributed by atoms with Gasteiger partial charge in [-0.15, -0.1) is 0 Å². The maximum atomic E-state index is 11.7. The zero-order valence-electron chi connectivity index (χ0n) is 9.59. The second-order valence-electron chi connectivity index (χ2n) is 3.82. The van der Waals surface area contributed by atoms with Gasteiger partial charge in [0.15, 0.2) is 0 Å². The first-order valence-corrected chi connectivity index (χ1v) is 5.60. The van der Waals surface area contributed by atoms with Crippen LogP contribution in [0, 0.1) is 6.92 Å². The van der Waals surface area contributed by atoms with Crippen molar-refractivity contribution in [1.29, 1.82) is 0 Å². The molecule has 0 spiro atoms. The molecule has 2 N–H and O–H groups in total. The maximum absolute atomic E-state index is 11.7. The number of hydrogen-bond donors (Lipinski definition) is 2. The van der Waals surface area contributed by atoms with Crippen molar-refractivity contribution < 1.29 is 10.2 Å². The van der Waals surface area contributed by atoms with Gasteiger partial charge in [0.2, 0.25) is 0 Å². The topological polar surface area (TPSA) is 75.3 Å². The van der Waals surface area contributed by atoms with E-state index in [2.05, 4.69) is 5.10 Å². The van der Waals surface area contributed by atoms with Crippen LogP contribution in [0.1, 0.15) is 11.3 Å². The quantitative estimate of drug-likeness (QED) is 0.861. The van der Waals surface area contributed by atoms with Crippen LogP contribution in [0.15, 0.2) is 29.1 Å². The Morgan fingerprint density at radius 1 is 1.39 bits per heavy atom. The van der Waals surface area contributed by atoms with Crippen molar-refractivity contribution in [2.24, 2.45) is 0 Å². The van der Waals surface area contributed by atoms with E-state index in [1.807, 2.05) is 6.92 Å². The molecule has 1 heterocycles. The van der Waals surface area contributed by atoms with Gasteiger partial charge in [0.05, 0.1) is 12.3 Å². The summed E-state index contributed by atoms with van der Waals surface area (Å²) in [7, 11) is 0. The highest BCUT2D eigenvalue weighted by Crippen LogP contribution is 2.19. The Kier molecular flexibility index (Phi) is 3.36. The van der Waals surface area contributed by atoms with E-state index in [1.165, 1.54) is 0 Å². The van der Waals surface area contributed by atoms with Crippen LogP contribution in [0.3, 0.4) is 0 Å². The molecule has 0 bridgehead atoms. The van der Waals surface area contributed by atoms with Gasteiger partial charge in [0.25, 0.3) is 5.56 Å². The molecule has 1 aromatic heterocycles. The first-order chi connectivity index (χ1) is 8.52. The molecule has 2 rings (SSSR count). The lowest BCUT2D eigenvalue weighted by molar-refractivity contribution is 0.266. The molecular weight excluding hydrogens is 256 g/mol. The van der Waals surface area contributed by atoms with Gasteiger partial charge in [-0.05, 0) is 24.6 Å². The van der Waals surface area contributed by atoms with Crippen LogP contribution in [0.25, 0.3) is 5.69 Å². The third kappa shape index (κ3) is 2.23. The minimum Gasteiger partial charge on any atom is -0.506 e. The van der Waals surface area contributed by atoms with Crippen molar-refractivity contribution in [2.45, 2.75) is 13.5 Å². The third-order valence-electron chi connectivity index (χ3n) is 2.54. The number of aliphatic hydroxyl groups excluding tert-OH is 1. The molecule has 0 aliphatic carbocycles. The summed E-state index contributed by atoms with van der Waals surface area (Å²) < 4.78 is 1.08. The lowest BCUT2D eigenvalue weighted by Gasteiger charge is -2.08. The fourth-order valence-corrected chi connectivity index (χ4v) is 1.67. The Hall–Kier alpha value is -1.85. The van der Waals surface area contributed by atoms with Gasteiger partial charge in [0, 0.05) is 11.1 Å². The van der Waals surface area contributed by atoms with E-state index < -0.39 is 12.2 Å². The lowest BCUT2D eigenvalue weighted by atomic mass is 10.2. The van der Waals surface area contributed by atoms with Crippen molar-refractivity contribution >= 4 is 11.6 Å². The van der Waals surface area contributed by atoms with Crippen LogP contribution in [0.5, 0.6) is 5.75 Å². The van der Waals surface area contributed by atoms with Crippen molar-refractivity contribution in [3.63, 3.8) is 0 Å². The molecular formula is C12H11ClN2O3. The predicted octanol–water partition coefficient (Wildman–Crippen LogP) is 1.39. The minimum atomic E-state index is -0.496. The summed E-state index contributed by atoms with van der Waals surface area (Å²) in [5, 5.41) is 22.8. The molecule has 0 aliphatic heterocycles. The number of benzene rings is 1. The van der Waals surface area contributed by atoms with E-state index in [1.54, 1.807) is 18.2 Å². The number of hydrogen-bond acceptors (Lipinski definition) is 4. The predicted molar refractivity (Wildman–Crippen MR) is 67.2 cm³/mol. The standard InChI is InChI=1S/C12H11ClN2O3/c1-7-2-3-8(4-9(7)13)15-12(18)5-11(17)10(6-16)14-15/h2-5,16-17H,6H2,1H3. The molecule has 0 radical (unpaired) electrons. The highest BCUT2D eigenvalue weighted by Gasteiger charge is 2.09. The van der Waals surface area contributed by atoms with Crippen molar-refractivity contribution in [3.8, 4) is 11.4 Å². The van der Waals surface area contributed by atoms with E-state index in [0.29, 0.717) is 10.7 Å². The Balaban J connectivity index is 2.63. The van der Waals surface area contributed by atoms with Crippen molar-refractivity contribution in [1.82, 2.24) is 9.78 Å². The zero-order chi connectivity index (χ0) is 13.3. The molecule has 5 nitrogen and oxygen atoms in total. The van der Waals surface area contributed by atoms with Crippen LogP contribution < -0.4 is 5.56 Å². The van der Waals surface area contributed by atoms with Crippen molar-refractivity contribution in [3.05, 3.63) is 50.9 Å². The second kappa shape index (κ2) is 4.80. The maximum Gasteiger partial charge on any atom is 0.275 e. The fourth-order valence-electron chi connectivity index (χ4n) is 1.49. The van der Waals surface area contributed by atoms with E-state index in [-0.39, 0.29) is 11.4 Å². The average Bonchev–Trinajstić information content (AvgIpc) is 2.33. The molecule has 0 saturated heterocycles. The Bertz CT molecular complexity index is 652. The Labute approximate surface area is 108 Å². The summed E-state index contributed by atoms with van der Waals surface area (Å²) in [5.41, 5.74) is 0.899. The van der Waals surface area contributed by atoms with Crippen LogP contribution >= 0.6 is 11.6 Å². The summed E-state index contributed by atoms with van der Waals surface area (Å²) in [6.45, 7) is 1.39. The zero-order valence-corrected chi connectivity index (χ0v) is 10.3. The summed E-state index contributed by atoms with van der Waals surface area (Å²) in [4.78, 5) is 11.7. The molecule has 0 fully saturated rings. The van der Waals surface area contributed by atoms with Crippen LogP contribution in [-0.4, -0.2) is 20.0 Å². The molecule has 0 aliphatic rings. The molecule has 0 atom stereocenters. The molecule has 0 saturated carbocycles. The van der Waals surface area contributed by atoms with Crippen LogP contribution in [0.2, 0.25) is 5.02 Å². The molecule has 94 valence electrons. The molecule has 2 aromatic rings. The van der Waals surface area contributed by atoms with Gasteiger partial charge in [-0.2, -0.15) is 9.78 Å². The third-order valence-corrected chi connectivity index (χ3v) is 2.94. The number of rotatable bonds is 2. The van der Waals surface area contributed by atoms with Gasteiger partial charge in [-0.1, -0.05) is 17.7 Å². The first-order valence-electron chi connectivity index (χ1n) is 5.22. The summed E-state index contributed by atoms with van der Waals surface area (Å²) in [5.74, 6) is -0.322. The molecule has 18 heavy (non-hydrogen) atoms. The van der Waals surface area contributed by atoms with Gasteiger partial charge in [0.1, 0.15) is 11.4 Å². The smallest absolute Gasteiger partial charge is 0.275 e. The fraction of sp³-hybridized carbons (Fsp3) is 0.167. The summed E-state index contributed by atoms with van der Waals surface area (Å²) in [6, 6.07) is 6.06. The number of aromatic nitrogens is 2.